The predicted octanol–water partition coefficient (Wildman–Crippen LogP) is 3.37. The van der Waals surface area contributed by atoms with Crippen LogP contribution in [0.3, 0.4) is 0 Å². The molecule has 2 aliphatic rings. The van der Waals surface area contributed by atoms with E-state index in [-0.39, 0.29) is 0 Å². The summed E-state index contributed by atoms with van der Waals surface area (Å²) in [6.45, 7) is 4.66. The van der Waals surface area contributed by atoms with Gasteiger partial charge < -0.3 is 11.1 Å². The van der Waals surface area contributed by atoms with Crippen molar-refractivity contribution in [3.05, 3.63) is 12.7 Å². The number of nitrogens with one attached hydrogen (secondary N) is 1. The molecule has 0 saturated heterocycles. The third kappa shape index (κ3) is 7.56. The summed E-state index contributed by atoms with van der Waals surface area (Å²) in [5, 5.41) is 3.45. The van der Waals surface area contributed by atoms with Gasteiger partial charge in [-0.2, -0.15) is 0 Å². The van der Waals surface area contributed by atoms with E-state index in [1.165, 1.54) is 64.2 Å². The van der Waals surface area contributed by atoms with Crippen molar-refractivity contribution in [1.29, 1.82) is 0 Å². The van der Waals surface area contributed by atoms with Gasteiger partial charge in [-0.05, 0) is 25.7 Å². The number of nitrogens with two attached hydrogens (primary N) is 1. The van der Waals surface area contributed by atoms with Gasteiger partial charge in [0.1, 0.15) is 0 Å². The van der Waals surface area contributed by atoms with Crippen LogP contribution in [0.4, 0.5) is 0 Å². The molecule has 0 radical (unpaired) electrons. The molecule has 2 saturated carbocycles. The van der Waals surface area contributed by atoms with Gasteiger partial charge in [0.25, 0.3) is 0 Å². The lowest BCUT2D eigenvalue weighted by Crippen LogP contribution is -2.30. The molecule has 0 atom stereocenters. The Labute approximate surface area is 107 Å². The molecular formula is C15H30N2. The van der Waals surface area contributed by atoms with E-state index >= 15 is 0 Å². The quantitative estimate of drug-likeness (QED) is 0.740. The van der Waals surface area contributed by atoms with E-state index in [9.17, 15) is 0 Å². The normalized spacial score (nSPS) is 22.6. The van der Waals surface area contributed by atoms with Crippen LogP contribution in [0.2, 0.25) is 0 Å². The zero-order chi connectivity index (χ0) is 12.3. The summed E-state index contributed by atoms with van der Waals surface area (Å²) in [5.41, 5.74) is 5.63. The lowest BCUT2D eigenvalue weighted by molar-refractivity contribution is 0.385. The molecule has 0 aromatic rings. The summed E-state index contributed by atoms with van der Waals surface area (Å²) in [7, 11) is 0. The van der Waals surface area contributed by atoms with Crippen molar-refractivity contribution in [2.75, 3.05) is 6.54 Å². The SMILES string of the molecule is C=CCNC1CCCCC1.NC1CCCCC1. The van der Waals surface area contributed by atoms with Crippen molar-refractivity contribution in [2.24, 2.45) is 5.73 Å². The first-order chi connectivity index (χ1) is 8.33. The highest BCUT2D eigenvalue weighted by Gasteiger charge is 2.10. The predicted molar refractivity (Wildman–Crippen MR) is 76.1 cm³/mol. The van der Waals surface area contributed by atoms with Crippen LogP contribution in [0.1, 0.15) is 64.2 Å². The van der Waals surface area contributed by atoms with Crippen LogP contribution in [0.5, 0.6) is 0 Å². The summed E-state index contributed by atoms with van der Waals surface area (Å²) in [6, 6.07) is 1.32. The largest absolute Gasteiger partial charge is 0.328 e. The summed E-state index contributed by atoms with van der Waals surface area (Å²) < 4.78 is 0. The minimum absolute atomic E-state index is 0.536. The fourth-order valence-electron chi connectivity index (χ4n) is 2.69. The molecule has 17 heavy (non-hydrogen) atoms. The molecule has 0 bridgehead atoms. The molecule has 0 heterocycles. The Kier molecular flexibility index (Phi) is 8.37. The van der Waals surface area contributed by atoms with Crippen molar-refractivity contribution in [2.45, 2.75) is 76.3 Å². The van der Waals surface area contributed by atoms with Crippen LogP contribution in [0.25, 0.3) is 0 Å². The van der Waals surface area contributed by atoms with Gasteiger partial charge in [0.2, 0.25) is 0 Å². The highest BCUT2D eigenvalue weighted by Crippen LogP contribution is 2.17. The van der Waals surface area contributed by atoms with Crippen LogP contribution in [-0.4, -0.2) is 18.6 Å². The Morgan fingerprint density at radius 3 is 1.88 bits per heavy atom. The zero-order valence-electron chi connectivity index (χ0n) is 11.3. The summed E-state index contributed by atoms with van der Waals surface area (Å²) in [5.74, 6) is 0. The van der Waals surface area contributed by atoms with Crippen LogP contribution < -0.4 is 11.1 Å². The molecule has 0 aromatic heterocycles. The van der Waals surface area contributed by atoms with Gasteiger partial charge in [-0.3, -0.25) is 0 Å². The molecule has 2 fully saturated rings. The topological polar surface area (TPSA) is 38.0 Å². The van der Waals surface area contributed by atoms with E-state index in [1.807, 2.05) is 6.08 Å². The van der Waals surface area contributed by atoms with Gasteiger partial charge in [0.15, 0.2) is 0 Å². The highest BCUT2D eigenvalue weighted by atomic mass is 14.9. The molecule has 0 amide bonds. The first kappa shape index (κ1) is 14.7. The summed E-state index contributed by atoms with van der Waals surface area (Å²) >= 11 is 0. The van der Waals surface area contributed by atoms with Crippen molar-refractivity contribution in [3.63, 3.8) is 0 Å². The maximum atomic E-state index is 5.63. The third-order valence-corrected chi connectivity index (χ3v) is 3.81. The van der Waals surface area contributed by atoms with Crippen LogP contribution in [0, 0.1) is 0 Å². The fourth-order valence-corrected chi connectivity index (χ4v) is 2.69. The second-order valence-electron chi connectivity index (χ2n) is 5.43. The summed E-state index contributed by atoms with van der Waals surface area (Å²) in [6.07, 6.45) is 15.6. The molecule has 100 valence electrons. The standard InChI is InChI=1S/C9H17N.C6H13N/c1-2-8-10-9-6-4-3-5-7-9;7-6-4-2-1-3-5-6/h2,9-10H,1,3-8H2;6H,1-5,7H2. The first-order valence-corrected chi connectivity index (χ1v) is 7.43. The molecule has 0 aromatic carbocycles. The second-order valence-corrected chi connectivity index (χ2v) is 5.43. The molecule has 2 nitrogen and oxygen atoms in total. The van der Waals surface area contributed by atoms with Gasteiger partial charge >= 0.3 is 0 Å². The minimum Gasteiger partial charge on any atom is -0.328 e. The molecule has 3 N–H and O–H groups in total. The maximum Gasteiger partial charge on any atom is 0.0134 e. The van der Waals surface area contributed by atoms with Gasteiger partial charge in [-0.1, -0.05) is 44.6 Å². The van der Waals surface area contributed by atoms with Crippen molar-refractivity contribution >= 4 is 0 Å². The highest BCUT2D eigenvalue weighted by molar-refractivity contribution is 4.77. The maximum absolute atomic E-state index is 5.63. The van der Waals surface area contributed by atoms with Gasteiger partial charge in [0.05, 0.1) is 0 Å². The molecular weight excluding hydrogens is 208 g/mol. The smallest absolute Gasteiger partial charge is 0.0134 e. The Balaban J connectivity index is 0.000000181. The Bertz CT molecular complexity index is 179. The molecule has 0 aliphatic heterocycles. The lowest BCUT2D eigenvalue weighted by Gasteiger charge is -2.21. The van der Waals surface area contributed by atoms with Crippen LogP contribution in [-0.2, 0) is 0 Å². The fraction of sp³-hybridized carbons (Fsp3) is 0.867. The average Bonchev–Trinajstić information content (AvgIpc) is 2.39. The van der Waals surface area contributed by atoms with E-state index in [0.717, 1.165) is 12.6 Å². The van der Waals surface area contributed by atoms with Crippen molar-refractivity contribution < 1.29 is 0 Å². The van der Waals surface area contributed by atoms with E-state index in [4.69, 9.17) is 5.73 Å². The molecule has 0 unspecified atom stereocenters. The molecule has 2 heteroatoms. The lowest BCUT2D eigenvalue weighted by atomic mass is 9.96. The molecule has 0 spiro atoms. The molecule has 2 rings (SSSR count). The van der Waals surface area contributed by atoms with Crippen molar-refractivity contribution in [1.82, 2.24) is 5.32 Å². The Morgan fingerprint density at radius 2 is 1.47 bits per heavy atom. The van der Waals surface area contributed by atoms with Gasteiger partial charge in [-0.25, -0.2) is 0 Å². The number of hydrogen-bond donors (Lipinski definition) is 2. The van der Waals surface area contributed by atoms with Crippen LogP contribution in [0.15, 0.2) is 12.7 Å². The van der Waals surface area contributed by atoms with Crippen molar-refractivity contribution in [3.8, 4) is 0 Å². The van der Waals surface area contributed by atoms with Crippen LogP contribution >= 0.6 is 0 Å². The average molecular weight is 238 g/mol. The monoisotopic (exact) mass is 238 g/mol. The van der Waals surface area contributed by atoms with Gasteiger partial charge in [0, 0.05) is 18.6 Å². The number of hydrogen-bond acceptors (Lipinski definition) is 2. The van der Waals surface area contributed by atoms with E-state index in [2.05, 4.69) is 11.9 Å². The third-order valence-electron chi connectivity index (χ3n) is 3.81. The second kappa shape index (κ2) is 9.67. The number of rotatable bonds is 3. The van der Waals surface area contributed by atoms with E-state index < -0.39 is 0 Å². The van der Waals surface area contributed by atoms with E-state index in [0.29, 0.717) is 6.04 Å². The zero-order valence-corrected chi connectivity index (χ0v) is 11.3. The van der Waals surface area contributed by atoms with E-state index in [1.54, 1.807) is 0 Å². The first-order valence-electron chi connectivity index (χ1n) is 7.43. The van der Waals surface area contributed by atoms with Gasteiger partial charge in [-0.15, -0.1) is 6.58 Å². The minimum atomic E-state index is 0.536. The Morgan fingerprint density at radius 1 is 0.941 bits per heavy atom. The molecule has 2 aliphatic carbocycles. The Hall–Kier alpha value is -0.340. The summed E-state index contributed by atoms with van der Waals surface area (Å²) in [4.78, 5) is 0.